The van der Waals surface area contributed by atoms with Gasteiger partial charge in [-0.2, -0.15) is 0 Å². The van der Waals surface area contributed by atoms with Crippen LogP contribution >= 0.6 is 0 Å². The highest BCUT2D eigenvalue weighted by Crippen LogP contribution is 2.39. The molecule has 1 rings (SSSR count). The molecule has 64 valence electrons. The van der Waals surface area contributed by atoms with Crippen LogP contribution in [0.15, 0.2) is 0 Å². The second-order valence-electron chi connectivity index (χ2n) is 3.74. The number of hydrogen-bond acceptors (Lipinski definition) is 1. The van der Waals surface area contributed by atoms with Gasteiger partial charge in [0.1, 0.15) is 5.78 Å². The van der Waals surface area contributed by atoms with Gasteiger partial charge in [-0.05, 0) is 18.8 Å². The lowest BCUT2D eigenvalue weighted by molar-refractivity contribution is -0.120. The van der Waals surface area contributed by atoms with E-state index in [1.165, 1.54) is 12.8 Å². The van der Waals surface area contributed by atoms with Crippen molar-refractivity contribution >= 4 is 5.78 Å². The first-order chi connectivity index (χ1) is 5.25. The Morgan fingerprint density at radius 2 is 2.09 bits per heavy atom. The summed E-state index contributed by atoms with van der Waals surface area (Å²) < 4.78 is 0. The van der Waals surface area contributed by atoms with Crippen molar-refractivity contribution < 1.29 is 4.79 Å². The first-order valence-electron chi connectivity index (χ1n) is 4.78. The topological polar surface area (TPSA) is 17.1 Å². The predicted octanol–water partition coefficient (Wildman–Crippen LogP) is 2.79. The summed E-state index contributed by atoms with van der Waals surface area (Å²) >= 11 is 0. The molecule has 1 nitrogen and oxygen atoms in total. The highest BCUT2D eigenvalue weighted by Gasteiger charge is 2.37. The van der Waals surface area contributed by atoms with Crippen LogP contribution in [0, 0.1) is 11.8 Å². The Balaban J connectivity index is 2.03. The van der Waals surface area contributed by atoms with E-state index in [-0.39, 0.29) is 0 Å². The van der Waals surface area contributed by atoms with Crippen molar-refractivity contribution in [3.05, 3.63) is 0 Å². The predicted molar refractivity (Wildman–Crippen MR) is 46.4 cm³/mol. The third kappa shape index (κ3) is 2.64. The van der Waals surface area contributed by atoms with E-state index in [1.54, 1.807) is 0 Å². The second-order valence-corrected chi connectivity index (χ2v) is 3.74. The van der Waals surface area contributed by atoms with Crippen LogP contribution in [0.4, 0.5) is 0 Å². The third-order valence-electron chi connectivity index (χ3n) is 2.55. The zero-order valence-corrected chi connectivity index (χ0v) is 7.60. The Hall–Kier alpha value is -0.330. The van der Waals surface area contributed by atoms with Crippen molar-refractivity contribution in [2.45, 2.75) is 46.0 Å². The standard InChI is InChI=1S/C10H18O/c1-3-4-5-6-10(11)9-7-8(9)2/h8-9H,3-7H2,1-2H3. The van der Waals surface area contributed by atoms with E-state index >= 15 is 0 Å². The van der Waals surface area contributed by atoms with Crippen molar-refractivity contribution in [2.24, 2.45) is 11.8 Å². The van der Waals surface area contributed by atoms with Crippen molar-refractivity contribution in [3.8, 4) is 0 Å². The summed E-state index contributed by atoms with van der Waals surface area (Å²) in [6, 6.07) is 0. The summed E-state index contributed by atoms with van der Waals surface area (Å²) in [5.74, 6) is 1.67. The molecule has 2 unspecified atom stereocenters. The Morgan fingerprint density at radius 3 is 2.55 bits per heavy atom. The molecule has 2 atom stereocenters. The molecule has 0 amide bonds. The van der Waals surface area contributed by atoms with Crippen molar-refractivity contribution in [2.75, 3.05) is 0 Å². The smallest absolute Gasteiger partial charge is 0.136 e. The van der Waals surface area contributed by atoms with E-state index in [0.717, 1.165) is 19.3 Å². The Kier molecular flexibility index (Phi) is 3.10. The molecule has 0 aliphatic heterocycles. The summed E-state index contributed by atoms with van der Waals surface area (Å²) in [5, 5.41) is 0. The van der Waals surface area contributed by atoms with E-state index in [2.05, 4.69) is 13.8 Å². The molecule has 0 N–H and O–H groups in total. The largest absolute Gasteiger partial charge is 0.299 e. The maximum absolute atomic E-state index is 11.3. The highest BCUT2D eigenvalue weighted by molar-refractivity contribution is 5.83. The van der Waals surface area contributed by atoms with Gasteiger partial charge in [0.2, 0.25) is 0 Å². The Labute approximate surface area is 69.2 Å². The number of ketones is 1. The van der Waals surface area contributed by atoms with Crippen molar-refractivity contribution in [3.63, 3.8) is 0 Å². The molecule has 1 aliphatic rings. The lowest BCUT2D eigenvalue weighted by atomic mass is 10.1. The first-order valence-corrected chi connectivity index (χ1v) is 4.78. The summed E-state index contributed by atoms with van der Waals surface area (Å²) in [6.07, 6.45) is 5.53. The summed E-state index contributed by atoms with van der Waals surface area (Å²) in [7, 11) is 0. The van der Waals surface area contributed by atoms with Gasteiger partial charge in [-0.1, -0.05) is 26.7 Å². The van der Waals surface area contributed by atoms with Gasteiger partial charge in [0.05, 0.1) is 0 Å². The average Bonchev–Trinajstić information content (AvgIpc) is 2.67. The minimum absolute atomic E-state index is 0.451. The molecule has 0 heterocycles. The minimum atomic E-state index is 0.451. The van der Waals surface area contributed by atoms with Crippen LogP contribution in [-0.2, 0) is 4.79 Å². The fourth-order valence-corrected chi connectivity index (χ4v) is 1.51. The van der Waals surface area contributed by atoms with E-state index in [0.29, 0.717) is 17.6 Å². The maximum Gasteiger partial charge on any atom is 0.136 e. The summed E-state index contributed by atoms with van der Waals surface area (Å²) in [6.45, 7) is 4.34. The van der Waals surface area contributed by atoms with Crippen LogP contribution in [0.1, 0.15) is 46.0 Å². The average molecular weight is 154 g/mol. The molecule has 0 bridgehead atoms. The van der Waals surface area contributed by atoms with Crippen molar-refractivity contribution in [1.82, 2.24) is 0 Å². The molecule has 0 saturated heterocycles. The number of carbonyl (C=O) groups is 1. The van der Waals surface area contributed by atoms with Crippen LogP contribution in [0.2, 0.25) is 0 Å². The van der Waals surface area contributed by atoms with Gasteiger partial charge in [-0.3, -0.25) is 4.79 Å². The van der Waals surface area contributed by atoms with Gasteiger partial charge >= 0.3 is 0 Å². The quantitative estimate of drug-likeness (QED) is 0.556. The van der Waals surface area contributed by atoms with Gasteiger partial charge in [0.25, 0.3) is 0 Å². The minimum Gasteiger partial charge on any atom is -0.299 e. The fraction of sp³-hybridized carbons (Fsp3) is 0.900. The van der Waals surface area contributed by atoms with Crippen LogP contribution in [0.25, 0.3) is 0 Å². The molecule has 0 aromatic carbocycles. The SMILES string of the molecule is CCCCCC(=O)C1CC1C. The number of hydrogen-bond donors (Lipinski definition) is 0. The molecule has 1 aliphatic carbocycles. The van der Waals surface area contributed by atoms with Gasteiger partial charge < -0.3 is 0 Å². The molecule has 1 fully saturated rings. The lowest BCUT2D eigenvalue weighted by Crippen LogP contribution is -2.00. The zero-order valence-electron chi connectivity index (χ0n) is 7.60. The lowest BCUT2D eigenvalue weighted by Gasteiger charge is -1.96. The van der Waals surface area contributed by atoms with Gasteiger partial charge in [-0.15, -0.1) is 0 Å². The summed E-state index contributed by atoms with van der Waals surface area (Å²) in [5.41, 5.74) is 0. The van der Waals surface area contributed by atoms with E-state index in [4.69, 9.17) is 0 Å². The molecule has 1 heteroatoms. The Bertz CT molecular complexity index is 140. The molecule has 0 aromatic heterocycles. The maximum atomic E-state index is 11.3. The molecule has 1 saturated carbocycles. The molecular weight excluding hydrogens is 136 g/mol. The Morgan fingerprint density at radius 1 is 1.45 bits per heavy atom. The molecule has 0 aromatic rings. The molecule has 0 spiro atoms. The second kappa shape index (κ2) is 3.89. The number of carbonyl (C=O) groups excluding carboxylic acids is 1. The van der Waals surface area contributed by atoms with Gasteiger partial charge in [-0.25, -0.2) is 0 Å². The molecule has 0 radical (unpaired) electrons. The zero-order chi connectivity index (χ0) is 8.27. The van der Waals surface area contributed by atoms with E-state index < -0.39 is 0 Å². The van der Waals surface area contributed by atoms with Crippen LogP contribution in [0.5, 0.6) is 0 Å². The number of Topliss-reactive ketones (excluding diaryl/α,β-unsaturated/α-hetero) is 1. The van der Waals surface area contributed by atoms with E-state index in [1.807, 2.05) is 0 Å². The third-order valence-corrected chi connectivity index (χ3v) is 2.55. The monoisotopic (exact) mass is 154 g/mol. The normalized spacial score (nSPS) is 28.5. The fourth-order valence-electron chi connectivity index (χ4n) is 1.51. The van der Waals surface area contributed by atoms with Gasteiger partial charge in [0, 0.05) is 12.3 Å². The van der Waals surface area contributed by atoms with Gasteiger partial charge in [0.15, 0.2) is 0 Å². The summed E-state index contributed by atoms with van der Waals surface area (Å²) in [4.78, 5) is 11.3. The van der Waals surface area contributed by atoms with E-state index in [9.17, 15) is 4.79 Å². The molecule has 11 heavy (non-hydrogen) atoms. The number of unbranched alkanes of at least 4 members (excludes halogenated alkanes) is 2. The van der Waals surface area contributed by atoms with Crippen LogP contribution in [0.3, 0.4) is 0 Å². The first kappa shape index (κ1) is 8.76. The highest BCUT2D eigenvalue weighted by atomic mass is 16.1. The molecular formula is C10H18O. The number of rotatable bonds is 5. The van der Waals surface area contributed by atoms with Crippen molar-refractivity contribution in [1.29, 1.82) is 0 Å². The van der Waals surface area contributed by atoms with Crippen LogP contribution in [-0.4, -0.2) is 5.78 Å². The van der Waals surface area contributed by atoms with Crippen LogP contribution < -0.4 is 0 Å².